The Balaban J connectivity index is 2.16. The molecule has 0 spiro atoms. The minimum atomic E-state index is 0.475. The molecule has 90 valence electrons. The fourth-order valence-corrected chi connectivity index (χ4v) is 3.18. The van der Waals surface area contributed by atoms with Gasteiger partial charge in [0.2, 0.25) is 0 Å². The Kier molecular flexibility index (Phi) is 4.48. The van der Waals surface area contributed by atoms with Gasteiger partial charge in [0.1, 0.15) is 12.4 Å². The van der Waals surface area contributed by atoms with Gasteiger partial charge in [0.25, 0.3) is 0 Å². The van der Waals surface area contributed by atoms with Crippen LogP contribution >= 0.6 is 38.9 Å². The summed E-state index contributed by atoms with van der Waals surface area (Å²) in [7, 11) is 0. The van der Waals surface area contributed by atoms with Crippen molar-refractivity contribution >= 4 is 38.9 Å². The van der Waals surface area contributed by atoms with Crippen molar-refractivity contribution in [3.05, 3.63) is 50.1 Å². The predicted octanol–water partition coefficient (Wildman–Crippen LogP) is 5.14. The number of benzene rings is 1. The normalized spacial score (nSPS) is 10.5. The van der Waals surface area contributed by atoms with Gasteiger partial charge in [0, 0.05) is 10.0 Å². The Hall–Kier alpha value is -0.510. The van der Waals surface area contributed by atoms with E-state index in [2.05, 4.69) is 15.9 Å². The van der Waals surface area contributed by atoms with Gasteiger partial charge in [-0.25, -0.2) is 0 Å². The monoisotopic (exact) mass is 330 g/mol. The topological polar surface area (TPSA) is 9.23 Å². The Labute approximate surface area is 119 Å². The maximum absolute atomic E-state index is 5.91. The standard InChI is InChI=1S/C13H12BrClOS/c1-9-3-2-4-10(7-15)13(9)16-8-12-11(14)5-6-17-12/h2-6H,7-8H2,1H3. The zero-order valence-corrected chi connectivity index (χ0v) is 12.5. The predicted molar refractivity (Wildman–Crippen MR) is 77.1 cm³/mol. The Morgan fingerprint density at radius 2 is 2.18 bits per heavy atom. The van der Waals surface area contributed by atoms with Gasteiger partial charge in [-0.15, -0.1) is 22.9 Å². The highest BCUT2D eigenvalue weighted by molar-refractivity contribution is 9.10. The lowest BCUT2D eigenvalue weighted by Gasteiger charge is -2.12. The van der Waals surface area contributed by atoms with Gasteiger partial charge in [-0.3, -0.25) is 0 Å². The van der Waals surface area contributed by atoms with Crippen LogP contribution in [-0.4, -0.2) is 0 Å². The number of rotatable bonds is 4. The number of para-hydroxylation sites is 1. The molecular formula is C13H12BrClOS. The van der Waals surface area contributed by atoms with Gasteiger partial charge in [-0.2, -0.15) is 0 Å². The second kappa shape index (κ2) is 5.89. The second-order valence-electron chi connectivity index (χ2n) is 3.68. The zero-order chi connectivity index (χ0) is 12.3. The third kappa shape index (κ3) is 3.03. The van der Waals surface area contributed by atoms with Crippen LogP contribution in [0, 0.1) is 6.92 Å². The van der Waals surface area contributed by atoms with E-state index in [1.54, 1.807) is 11.3 Å². The Bertz CT molecular complexity index is 510. The van der Waals surface area contributed by atoms with E-state index in [1.165, 1.54) is 4.88 Å². The lowest BCUT2D eigenvalue weighted by Crippen LogP contribution is -1.98. The SMILES string of the molecule is Cc1cccc(CCl)c1OCc1sccc1Br. The summed E-state index contributed by atoms with van der Waals surface area (Å²) in [6.45, 7) is 2.61. The summed E-state index contributed by atoms with van der Waals surface area (Å²) in [5.74, 6) is 1.38. The molecule has 0 aliphatic heterocycles. The van der Waals surface area contributed by atoms with E-state index in [0.717, 1.165) is 21.3 Å². The van der Waals surface area contributed by atoms with Gasteiger partial charge >= 0.3 is 0 Å². The van der Waals surface area contributed by atoms with Gasteiger partial charge in [-0.1, -0.05) is 18.2 Å². The molecule has 2 aromatic rings. The molecule has 1 nitrogen and oxygen atoms in total. The molecule has 0 aliphatic carbocycles. The molecule has 0 aliphatic rings. The van der Waals surface area contributed by atoms with Crippen LogP contribution < -0.4 is 4.74 Å². The highest BCUT2D eigenvalue weighted by Crippen LogP contribution is 2.28. The maximum Gasteiger partial charge on any atom is 0.127 e. The Morgan fingerprint density at radius 3 is 2.82 bits per heavy atom. The fourth-order valence-electron chi connectivity index (χ4n) is 1.59. The molecule has 0 fully saturated rings. The van der Waals surface area contributed by atoms with Crippen LogP contribution in [0.3, 0.4) is 0 Å². The molecule has 0 bridgehead atoms. The van der Waals surface area contributed by atoms with E-state index in [1.807, 2.05) is 36.6 Å². The van der Waals surface area contributed by atoms with Crippen molar-refractivity contribution in [2.45, 2.75) is 19.4 Å². The van der Waals surface area contributed by atoms with E-state index in [-0.39, 0.29) is 0 Å². The van der Waals surface area contributed by atoms with Gasteiger partial charge in [-0.05, 0) is 39.9 Å². The quantitative estimate of drug-likeness (QED) is 0.705. The molecule has 0 N–H and O–H groups in total. The second-order valence-corrected chi connectivity index (χ2v) is 5.80. The molecule has 0 radical (unpaired) electrons. The maximum atomic E-state index is 5.91. The Morgan fingerprint density at radius 1 is 1.35 bits per heavy atom. The minimum absolute atomic E-state index is 0.475. The molecule has 1 aromatic carbocycles. The van der Waals surface area contributed by atoms with E-state index in [0.29, 0.717) is 12.5 Å². The summed E-state index contributed by atoms with van der Waals surface area (Å²) in [6, 6.07) is 8.07. The van der Waals surface area contributed by atoms with Crippen molar-refractivity contribution in [2.24, 2.45) is 0 Å². The molecule has 4 heteroatoms. The smallest absolute Gasteiger partial charge is 0.127 e. The average molecular weight is 332 g/mol. The van der Waals surface area contributed by atoms with E-state index >= 15 is 0 Å². The molecule has 0 atom stereocenters. The molecule has 0 unspecified atom stereocenters. The van der Waals surface area contributed by atoms with E-state index < -0.39 is 0 Å². The summed E-state index contributed by atoms with van der Waals surface area (Å²) in [6.07, 6.45) is 0. The van der Waals surface area contributed by atoms with E-state index in [4.69, 9.17) is 16.3 Å². The largest absolute Gasteiger partial charge is 0.487 e. The first-order valence-corrected chi connectivity index (χ1v) is 7.42. The average Bonchev–Trinajstić information content (AvgIpc) is 2.73. The number of halogens is 2. The van der Waals surface area contributed by atoms with Gasteiger partial charge in [0.15, 0.2) is 0 Å². The summed E-state index contributed by atoms with van der Waals surface area (Å²) in [5.41, 5.74) is 2.16. The summed E-state index contributed by atoms with van der Waals surface area (Å²) in [4.78, 5) is 1.19. The van der Waals surface area contributed by atoms with Crippen molar-refractivity contribution in [1.29, 1.82) is 0 Å². The van der Waals surface area contributed by atoms with Gasteiger partial charge < -0.3 is 4.74 Å². The van der Waals surface area contributed by atoms with Crippen molar-refractivity contribution in [3.8, 4) is 5.75 Å². The summed E-state index contributed by atoms with van der Waals surface area (Å²) < 4.78 is 6.98. The highest BCUT2D eigenvalue weighted by Gasteiger charge is 2.08. The molecule has 2 rings (SSSR count). The molecule has 0 saturated heterocycles. The lowest BCUT2D eigenvalue weighted by molar-refractivity contribution is 0.304. The van der Waals surface area contributed by atoms with E-state index in [9.17, 15) is 0 Å². The number of ether oxygens (including phenoxy) is 1. The molecule has 0 amide bonds. The molecule has 17 heavy (non-hydrogen) atoms. The van der Waals surface area contributed by atoms with Crippen LogP contribution in [0.25, 0.3) is 0 Å². The van der Waals surface area contributed by atoms with Crippen molar-refractivity contribution in [1.82, 2.24) is 0 Å². The molecule has 1 aromatic heterocycles. The van der Waals surface area contributed by atoms with Crippen LogP contribution in [0.4, 0.5) is 0 Å². The number of aryl methyl sites for hydroxylation is 1. The van der Waals surface area contributed by atoms with Crippen LogP contribution in [0.5, 0.6) is 5.75 Å². The number of alkyl halides is 1. The fraction of sp³-hybridized carbons (Fsp3) is 0.231. The molecule has 0 saturated carbocycles. The van der Waals surface area contributed by atoms with Crippen LogP contribution in [0.15, 0.2) is 34.1 Å². The van der Waals surface area contributed by atoms with Crippen molar-refractivity contribution in [3.63, 3.8) is 0 Å². The van der Waals surface area contributed by atoms with Crippen LogP contribution in [0.1, 0.15) is 16.0 Å². The number of hydrogen-bond donors (Lipinski definition) is 0. The first-order chi connectivity index (χ1) is 8.22. The molecular weight excluding hydrogens is 320 g/mol. The van der Waals surface area contributed by atoms with Crippen molar-refractivity contribution < 1.29 is 4.74 Å². The lowest BCUT2D eigenvalue weighted by atomic mass is 10.1. The van der Waals surface area contributed by atoms with Crippen LogP contribution in [0.2, 0.25) is 0 Å². The minimum Gasteiger partial charge on any atom is -0.487 e. The summed E-state index contributed by atoms with van der Waals surface area (Å²) in [5, 5.41) is 2.04. The third-order valence-corrected chi connectivity index (χ3v) is 4.66. The zero-order valence-electron chi connectivity index (χ0n) is 9.37. The van der Waals surface area contributed by atoms with Gasteiger partial charge in [0.05, 0.1) is 10.8 Å². The third-order valence-electron chi connectivity index (χ3n) is 2.48. The number of hydrogen-bond acceptors (Lipinski definition) is 2. The van der Waals surface area contributed by atoms with Crippen LogP contribution in [-0.2, 0) is 12.5 Å². The first-order valence-electron chi connectivity index (χ1n) is 5.21. The first kappa shape index (κ1) is 12.9. The molecule has 1 heterocycles. The highest BCUT2D eigenvalue weighted by atomic mass is 79.9. The summed E-state index contributed by atoms with van der Waals surface area (Å²) >= 11 is 11.1. The van der Waals surface area contributed by atoms with Crippen molar-refractivity contribution in [2.75, 3.05) is 0 Å². The number of thiophene rings is 1.